The molecule has 0 fully saturated rings. The van der Waals surface area contributed by atoms with Crippen molar-refractivity contribution in [1.82, 2.24) is 9.97 Å². The smallest absolute Gasteiger partial charge is 0.303 e. The quantitative estimate of drug-likeness (QED) is 0.165. The van der Waals surface area contributed by atoms with Crippen LogP contribution < -0.4 is 0 Å². The summed E-state index contributed by atoms with van der Waals surface area (Å²) in [6.07, 6.45) is 3.74. The molecule has 0 saturated heterocycles. The van der Waals surface area contributed by atoms with Crippen LogP contribution in [0.1, 0.15) is 33.4 Å². The van der Waals surface area contributed by atoms with Crippen molar-refractivity contribution in [2.75, 3.05) is 0 Å². The molecule has 8 aromatic rings. The van der Waals surface area contributed by atoms with Crippen LogP contribution >= 0.6 is 22.7 Å². The van der Waals surface area contributed by atoms with Crippen LogP contribution in [0.25, 0.3) is 63.6 Å². The number of pyridine rings is 2. The molecule has 4 aromatic heterocycles. The van der Waals surface area contributed by atoms with Gasteiger partial charge in [0.15, 0.2) is 0 Å². The fourth-order valence-corrected chi connectivity index (χ4v) is 8.87. The van der Waals surface area contributed by atoms with Gasteiger partial charge in [0.05, 0.1) is 0 Å². The Balaban J connectivity index is 0.000000167. The maximum atomic E-state index is 4.70. The molecule has 0 saturated carbocycles. The maximum absolute atomic E-state index is 4.70. The molecule has 49 heavy (non-hydrogen) atoms. The van der Waals surface area contributed by atoms with Gasteiger partial charge in [-0.3, -0.25) is 0 Å². The summed E-state index contributed by atoms with van der Waals surface area (Å²) in [6, 6.07) is 41.2. The summed E-state index contributed by atoms with van der Waals surface area (Å²) in [6.45, 7) is 13.0. The summed E-state index contributed by atoms with van der Waals surface area (Å²) in [4.78, 5) is 11.6. The average Bonchev–Trinajstić information content (AvgIpc) is 3.69. The number of thiophene rings is 2. The van der Waals surface area contributed by atoms with Crippen molar-refractivity contribution >= 4 is 42.8 Å². The zero-order chi connectivity index (χ0) is 33.4. The van der Waals surface area contributed by atoms with Gasteiger partial charge in [0, 0.05) is 23.8 Å². The van der Waals surface area contributed by atoms with E-state index in [0.717, 1.165) is 31.9 Å². The Morgan fingerprint density at radius 1 is 0.469 bits per heavy atom. The SMILES string of the molecule is Cc1cc(C)c(-c2cccnc2-c2[c-]c3ccccc3s2)c(C)c1.Cc1cc(C)c(-c2cccnc2-c2[c-]c3ccccc3s2)c(C)c1.[Pt+2]. The van der Waals surface area contributed by atoms with Gasteiger partial charge >= 0.3 is 21.1 Å². The second kappa shape index (κ2) is 14.7. The van der Waals surface area contributed by atoms with E-state index in [2.05, 4.69) is 139 Å². The normalized spacial score (nSPS) is 10.9. The molecule has 0 aliphatic rings. The number of nitrogens with zero attached hydrogens (tertiary/aromatic N) is 2. The van der Waals surface area contributed by atoms with Crippen LogP contribution in [0.3, 0.4) is 0 Å². The van der Waals surface area contributed by atoms with E-state index in [9.17, 15) is 0 Å². The Hall–Kier alpha value is -4.21. The van der Waals surface area contributed by atoms with Gasteiger partial charge in [-0.25, -0.2) is 22.7 Å². The molecule has 0 spiro atoms. The Bertz CT molecular complexity index is 2150. The molecule has 2 nitrogen and oxygen atoms in total. The second-order valence-electron chi connectivity index (χ2n) is 12.5. The third-order valence-corrected chi connectivity index (χ3v) is 10.8. The van der Waals surface area contributed by atoms with E-state index in [1.165, 1.54) is 65.0 Å². The van der Waals surface area contributed by atoms with Gasteiger partial charge in [-0.2, -0.15) is 0 Å². The summed E-state index contributed by atoms with van der Waals surface area (Å²) in [7, 11) is 0. The third kappa shape index (κ3) is 7.10. The number of rotatable bonds is 4. The first kappa shape index (κ1) is 34.6. The van der Waals surface area contributed by atoms with Crippen molar-refractivity contribution in [2.24, 2.45) is 0 Å². The van der Waals surface area contributed by atoms with Crippen LogP contribution in [0.2, 0.25) is 0 Å². The summed E-state index contributed by atoms with van der Waals surface area (Å²) < 4.78 is 2.50. The molecule has 0 aliphatic heterocycles. The number of fused-ring (bicyclic) bond motifs is 2. The molecule has 0 bridgehead atoms. The molecule has 5 heteroatoms. The van der Waals surface area contributed by atoms with E-state index in [-0.39, 0.29) is 21.1 Å². The summed E-state index contributed by atoms with van der Waals surface area (Å²) in [5, 5.41) is 2.32. The molecule has 0 N–H and O–H groups in total. The molecule has 4 heterocycles. The first-order chi connectivity index (χ1) is 23.3. The first-order valence-electron chi connectivity index (χ1n) is 16.2. The molecule has 0 amide bonds. The Kier molecular flexibility index (Phi) is 10.4. The van der Waals surface area contributed by atoms with E-state index in [0.29, 0.717) is 0 Å². The minimum absolute atomic E-state index is 0. The first-order valence-corrected chi connectivity index (χ1v) is 17.8. The molecule has 4 aromatic carbocycles. The van der Waals surface area contributed by atoms with Gasteiger partial charge in [0.25, 0.3) is 0 Å². The van der Waals surface area contributed by atoms with Gasteiger partial charge in [-0.15, -0.1) is 47.2 Å². The van der Waals surface area contributed by atoms with Crippen LogP contribution in [-0.2, 0) is 21.1 Å². The molecule has 0 atom stereocenters. The molecule has 0 aliphatic carbocycles. The minimum Gasteiger partial charge on any atom is -0.303 e. The van der Waals surface area contributed by atoms with Crippen LogP contribution in [0.4, 0.5) is 0 Å². The Labute approximate surface area is 311 Å². The van der Waals surface area contributed by atoms with E-state index in [1.54, 1.807) is 22.7 Å². The second-order valence-corrected chi connectivity index (χ2v) is 14.6. The van der Waals surface area contributed by atoms with Crippen molar-refractivity contribution in [3.8, 4) is 43.4 Å². The van der Waals surface area contributed by atoms with Crippen LogP contribution in [0.15, 0.2) is 109 Å². The average molecular weight is 852 g/mol. The van der Waals surface area contributed by atoms with Gasteiger partial charge in [-0.1, -0.05) is 71.8 Å². The van der Waals surface area contributed by atoms with Crippen molar-refractivity contribution in [3.05, 3.63) is 155 Å². The van der Waals surface area contributed by atoms with Gasteiger partial charge in [0.1, 0.15) is 0 Å². The fraction of sp³-hybridized carbons (Fsp3) is 0.136. The van der Waals surface area contributed by atoms with Crippen molar-refractivity contribution < 1.29 is 21.1 Å². The number of hydrogen-bond acceptors (Lipinski definition) is 4. The summed E-state index contributed by atoms with van der Waals surface area (Å²) >= 11 is 3.51. The van der Waals surface area contributed by atoms with Gasteiger partial charge < -0.3 is 9.97 Å². The number of benzene rings is 4. The number of aromatic nitrogens is 2. The maximum Gasteiger partial charge on any atom is 2.00 e. The zero-order valence-corrected chi connectivity index (χ0v) is 32.3. The van der Waals surface area contributed by atoms with E-state index in [1.807, 2.05) is 24.5 Å². The van der Waals surface area contributed by atoms with E-state index < -0.39 is 0 Å². The third-order valence-electron chi connectivity index (χ3n) is 8.63. The predicted molar refractivity (Wildman–Crippen MR) is 207 cm³/mol. The van der Waals surface area contributed by atoms with Crippen LogP contribution in [0.5, 0.6) is 0 Å². The van der Waals surface area contributed by atoms with Gasteiger partial charge in [0.2, 0.25) is 0 Å². The minimum atomic E-state index is 0. The summed E-state index contributed by atoms with van der Waals surface area (Å²) in [5.74, 6) is 0. The van der Waals surface area contributed by atoms with Crippen LogP contribution in [0, 0.1) is 53.7 Å². The predicted octanol–water partition coefficient (Wildman–Crippen LogP) is 12.7. The molecule has 0 unspecified atom stereocenters. The van der Waals surface area contributed by atoms with E-state index in [4.69, 9.17) is 9.97 Å². The van der Waals surface area contributed by atoms with Crippen molar-refractivity contribution in [3.63, 3.8) is 0 Å². The molecule has 244 valence electrons. The monoisotopic (exact) mass is 851 g/mol. The van der Waals surface area contributed by atoms with Crippen molar-refractivity contribution in [1.29, 1.82) is 0 Å². The topological polar surface area (TPSA) is 25.8 Å². The van der Waals surface area contributed by atoms with Gasteiger partial charge in [-0.05, 0) is 117 Å². The van der Waals surface area contributed by atoms with Crippen molar-refractivity contribution in [2.45, 2.75) is 41.5 Å². The summed E-state index contributed by atoms with van der Waals surface area (Å²) in [5.41, 5.74) is 14.8. The zero-order valence-electron chi connectivity index (χ0n) is 28.4. The number of hydrogen-bond donors (Lipinski definition) is 0. The molecular weight excluding hydrogens is 816 g/mol. The molecular formula is C44H36N2PtS2. The number of aryl methyl sites for hydroxylation is 6. The molecule has 0 radical (unpaired) electrons. The molecule has 8 rings (SSSR count). The Morgan fingerprint density at radius 2 is 0.837 bits per heavy atom. The van der Waals surface area contributed by atoms with E-state index >= 15 is 0 Å². The van der Waals surface area contributed by atoms with Crippen LogP contribution in [-0.4, -0.2) is 9.97 Å². The fourth-order valence-electron chi connectivity index (χ4n) is 6.83. The standard InChI is InChI=1S/2C22H18NS.Pt/c2*1-14-11-15(2)21(16(3)12-14)18-8-6-10-23-22(18)20-13-17-7-4-5-9-19(17)24-20;/h2*4-12H,1-3H3;/q2*-1;+2. The largest absolute Gasteiger partial charge is 2.00 e. The Morgan fingerprint density at radius 3 is 1.20 bits per heavy atom.